The minimum atomic E-state index is 0.505. The first-order chi connectivity index (χ1) is 28.2. The molecule has 0 bridgehead atoms. The van der Waals surface area contributed by atoms with Crippen LogP contribution in [-0.4, -0.2) is 29.9 Å². The maximum Gasteiger partial charge on any atom is 0.194 e. The van der Waals surface area contributed by atoms with Crippen molar-refractivity contribution in [1.82, 2.24) is 29.9 Å². The molecule has 0 saturated carbocycles. The van der Waals surface area contributed by atoms with Crippen LogP contribution in [0.3, 0.4) is 0 Å². The van der Waals surface area contributed by atoms with Crippen molar-refractivity contribution in [1.29, 1.82) is 0 Å². The fourth-order valence-electron chi connectivity index (χ4n) is 7.10. The second kappa shape index (κ2) is 14.3. The molecule has 3 aromatic heterocycles. The lowest BCUT2D eigenvalue weighted by Gasteiger charge is -2.10. The minimum Gasteiger partial charge on any atom is -0.455 e. The molecule has 57 heavy (non-hydrogen) atoms. The van der Waals surface area contributed by atoms with Crippen molar-refractivity contribution in [3.63, 3.8) is 0 Å². The van der Waals surface area contributed by atoms with Crippen molar-refractivity contribution in [3.8, 4) is 79.5 Å². The van der Waals surface area contributed by atoms with Crippen LogP contribution in [0.5, 0.6) is 0 Å². The van der Waals surface area contributed by atoms with Crippen LogP contribution in [0, 0.1) is 6.57 Å². The zero-order chi connectivity index (χ0) is 38.1. The largest absolute Gasteiger partial charge is 0.455 e. The predicted octanol–water partition coefficient (Wildman–Crippen LogP) is 12.2. The summed E-state index contributed by atoms with van der Waals surface area (Å²) in [7, 11) is 0. The van der Waals surface area contributed by atoms with Crippen LogP contribution in [0.4, 0.5) is 5.69 Å². The third-order valence-corrected chi connectivity index (χ3v) is 9.85. The molecule has 266 valence electrons. The summed E-state index contributed by atoms with van der Waals surface area (Å²) in [6.45, 7) is 7.64. The highest BCUT2D eigenvalue weighted by atomic mass is 16.3. The van der Waals surface area contributed by atoms with E-state index < -0.39 is 0 Å². The van der Waals surface area contributed by atoms with Gasteiger partial charge in [0.2, 0.25) is 0 Å². The van der Waals surface area contributed by atoms with Gasteiger partial charge in [0.15, 0.2) is 40.6 Å². The van der Waals surface area contributed by atoms with E-state index in [2.05, 4.69) is 4.85 Å². The van der Waals surface area contributed by atoms with E-state index >= 15 is 0 Å². The van der Waals surface area contributed by atoms with Crippen LogP contribution in [0.1, 0.15) is 0 Å². The first-order valence-corrected chi connectivity index (χ1v) is 18.4. The summed E-state index contributed by atoms with van der Waals surface area (Å²) >= 11 is 0. The molecular weight excluding hydrogens is 703 g/mol. The smallest absolute Gasteiger partial charge is 0.194 e. The van der Waals surface area contributed by atoms with Crippen molar-refractivity contribution in [2.24, 2.45) is 0 Å². The van der Waals surface area contributed by atoms with Crippen LogP contribution < -0.4 is 0 Å². The van der Waals surface area contributed by atoms with E-state index in [4.69, 9.17) is 40.9 Å². The maximum atomic E-state index is 7.64. The molecule has 0 unspecified atom stereocenters. The van der Waals surface area contributed by atoms with Gasteiger partial charge in [-0.05, 0) is 23.3 Å². The van der Waals surface area contributed by atoms with Crippen molar-refractivity contribution in [3.05, 3.63) is 187 Å². The van der Waals surface area contributed by atoms with Crippen LogP contribution in [-0.2, 0) is 0 Å². The Bertz CT molecular complexity index is 3060. The third kappa shape index (κ3) is 6.25. The molecule has 0 aliphatic carbocycles. The first kappa shape index (κ1) is 33.4. The quantitative estimate of drug-likeness (QED) is 0.151. The first-order valence-electron chi connectivity index (χ1n) is 18.4. The lowest BCUT2D eigenvalue weighted by atomic mass is 10.0. The fourth-order valence-corrected chi connectivity index (χ4v) is 7.10. The Kier molecular flexibility index (Phi) is 8.36. The van der Waals surface area contributed by atoms with Crippen molar-refractivity contribution < 1.29 is 4.42 Å². The molecule has 3 heterocycles. The predicted molar refractivity (Wildman–Crippen MR) is 225 cm³/mol. The summed E-state index contributed by atoms with van der Waals surface area (Å²) in [6, 6.07) is 57.3. The molecular formula is C49H29N7O. The third-order valence-electron chi connectivity index (χ3n) is 9.85. The van der Waals surface area contributed by atoms with E-state index in [0.29, 0.717) is 51.8 Å². The molecule has 7 aromatic carbocycles. The Morgan fingerprint density at radius 3 is 1.33 bits per heavy atom. The fraction of sp³-hybridized carbons (Fsp3) is 0. The van der Waals surface area contributed by atoms with E-state index in [1.165, 1.54) is 0 Å². The van der Waals surface area contributed by atoms with Crippen LogP contribution >= 0.6 is 0 Å². The topological polar surface area (TPSA) is 94.8 Å². The number of nitrogens with zero attached hydrogens (tertiary/aromatic N) is 7. The number of hydrogen-bond acceptors (Lipinski definition) is 7. The standard InChI is InChI=1S/C49H29N7O/c1-50-40-25-12-11-21-36(40)31-27-29-35(30-28-31)47-52-44(32-15-5-2-6-16-32)53-48(54-47)38-23-14-26-41-42(38)37-22-13-24-39(43(37)57-41)49-55-45(33-17-7-3-8-18-33)51-46(56-49)34-19-9-4-10-20-34/h2-30H. The van der Waals surface area contributed by atoms with Crippen molar-refractivity contribution >= 4 is 27.6 Å². The van der Waals surface area contributed by atoms with Gasteiger partial charge in [0.25, 0.3) is 0 Å². The molecule has 10 rings (SSSR count). The molecule has 0 saturated heterocycles. The van der Waals surface area contributed by atoms with Gasteiger partial charge in [0.05, 0.1) is 12.1 Å². The number of para-hydroxylation sites is 2. The van der Waals surface area contributed by atoms with Crippen molar-refractivity contribution in [2.75, 3.05) is 0 Å². The monoisotopic (exact) mass is 731 g/mol. The van der Waals surface area contributed by atoms with Crippen LogP contribution in [0.15, 0.2) is 180 Å². The van der Waals surface area contributed by atoms with Gasteiger partial charge >= 0.3 is 0 Å². The highest BCUT2D eigenvalue weighted by molar-refractivity contribution is 6.14. The summed E-state index contributed by atoms with van der Waals surface area (Å²) < 4.78 is 6.70. The van der Waals surface area contributed by atoms with Gasteiger partial charge in [0.1, 0.15) is 11.2 Å². The molecule has 0 aliphatic heterocycles. The minimum absolute atomic E-state index is 0.505. The number of furan rings is 1. The van der Waals surface area contributed by atoms with Gasteiger partial charge < -0.3 is 4.42 Å². The molecule has 0 amide bonds. The Morgan fingerprint density at radius 2 is 0.772 bits per heavy atom. The molecule has 0 radical (unpaired) electrons. The van der Waals surface area contributed by atoms with Gasteiger partial charge in [0, 0.05) is 38.6 Å². The van der Waals surface area contributed by atoms with Crippen LogP contribution in [0.25, 0.3) is 106 Å². The van der Waals surface area contributed by atoms with E-state index in [9.17, 15) is 0 Å². The number of fused-ring (bicyclic) bond motifs is 3. The zero-order valence-electron chi connectivity index (χ0n) is 30.3. The molecule has 0 atom stereocenters. The second-order valence-corrected chi connectivity index (χ2v) is 13.4. The Labute approximate surface area is 327 Å². The number of aromatic nitrogens is 6. The molecule has 0 spiro atoms. The normalized spacial score (nSPS) is 11.1. The Hall–Kier alpha value is -8.15. The number of rotatable bonds is 7. The van der Waals surface area contributed by atoms with E-state index in [1.54, 1.807) is 0 Å². The van der Waals surface area contributed by atoms with Crippen LogP contribution in [0.2, 0.25) is 0 Å². The molecule has 0 N–H and O–H groups in total. The van der Waals surface area contributed by atoms with Gasteiger partial charge in [-0.15, -0.1) is 0 Å². The Morgan fingerprint density at radius 1 is 0.351 bits per heavy atom. The summed E-state index contributed by atoms with van der Waals surface area (Å²) in [5.41, 5.74) is 8.77. The van der Waals surface area contributed by atoms with E-state index in [1.807, 2.05) is 176 Å². The highest BCUT2D eigenvalue weighted by Gasteiger charge is 2.21. The second-order valence-electron chi connectivity index (χ2n) is 13.4. The summed E-state index contributed by atoms with van der Waals surface area (Å²) in [5.74, 6) is 3.24. The lowest BCUT2D eigenvalue weighted by Crippen LogP contribution is -2.00. The molecule has 0 fully saturated rings. The van der Waals surface area contributed by atoms with Gasteiger partial charge in [-0.25, -0.2) is 34.7 Å². The molecule has 8 nitrogen and oxygen atoms in total. The molecule has 8 heteroatoms. The number of hydrogen-bond donors (Lipinski definition) is 0. The average Bonchev–Trinajstić information content (AvgIpc) is 3.69. The maximum absolute atomic E-state index is 7.64. The SMILES string of the molecule is [C-]#[N+]c1ccccc1-c1ccc(-c2nc(-c3ccccc3)nc(-c3cccc4oc5c(-c6nc(-c7ccccc7)nc(-c7ccccc7)n6)cccc5c34)n2)cc1. The van der Waals surface area contributed by atoms with E-state index in [-0.39, 0.29) is 0 Å². The molecule has 10 aromatic rings. The van der Waals surface area contributed by atoms with Gasteiger partial charge in [-0.3, -0.25) is 0 Å². The molecule has 0 aliphatic rings. The summed E-state index contributed by atoms with van der Waals surface area (Å²) in [4.78, 5) is 33.7. The lowest BCUT2D eigenvalue weighted by molar-refractivity contribution is 0.669. The van der Waals surface area contributed by atoms with Crippen molar-refractivity contribution in [2.45, 2.75) is 0 Å². The van der Waals surface area contributed by atoms with Gasteiger partial charge in [-0.1, -0.05) is 164 Å². The number of benzene rings is 7. The zero-order valence-corrected chi connectivity index (χ0v) is 30.3. The highest BCUT2D eigenvalue weighted by Crippen LogP contribution is 2.40. The average molecular weight is 732 g/mol. The van der Waals surface area contributed by atoms with Gasteiger partial charge in [-0.2, -0.15) is 0 Å². The summed E-state index contributed by atoms with van der Waals surface area (Å²) in [6.07, 6.45) is 0. The Balaban J connectivity index is 1.14. The summed E-state index contributed by atoms with van der Waals surface area (Å²) in [5, 5.41) is 1.75. The van der Waals surface area contributed by atoms with E-state index in [0.717, 1.165) is 55.3 Å².